The standard InChI is InChI=1S/C22H20ClN5O/c1-26(2)18-7-4-6-15(14-18)19-20(28-13-5-12-24-22(28)25-19)21(29)27(3)17-10-8-16(23)9-11-17/h4-14H,1-3H3. The fourth-order valence-corrected chi connectivity index (χ4v) is 3.29. The van der Waals surface area contributed by atoms with Crippen LogP contribution in [0.3, 0.4) is 0 Å². The van der Waals surface area contributed by atoms with E-state index in [2.05, 4.69) is 9.97 Å². The zero-order valence-electron chi connectivity index (χ0n) is 16.4. The lowest BCUT2D eigenvalue weighted by Gasteiger charge is -2.18. The van der Waals surface area contributed by atoms with Gasteiger partial charge in [-0.2, -0.15) is 0 Å². The number of carbonyl (C=O) groups excluding carboxylic acids is 1. The van der Waals surface area contributed by atoms with Crippen molar-refractivity contribution >= 4 is 34.7 Å². The van der Waals surface area contributed by atoms with Crippen molar-refractivity contribution < 1.29 is 4.79 Å². The Kier molecular flexibility index (Phi) is 4.94. The molecule has 2 aromatic heterocycles. The summed E-state index contributed by atoms with van der Waals surface area (Å²) in [5.74, 6) is 0.295. The first-order valence-corrected chi connectivity index (χ1v) is 9.48. The SMILES string of the molecule is CN(C)c1cccc(-c2nc3ncccn3c2C(=O)N(C)c2ccc(Cl)cc2)c1. The number of benzene rings is 2. The van der Waals surface area contributed by atoms with E-state index in [9.17, 15) is 4.79 Å². The maximum atomic E-state index is 13.5. The number of anilines is 2. The molecule has 6 nitrogen and oxygen atoms in total. The van der Waals surface area contributed by atoms with E-state index < -0.39 is 0 Å². The average Bonchev–Trinajstić information content (AvgIpc) is 3.13. The molecule has 0 aliphatic heterocycles. The Bertz CT molecular complexity index is 1180. The van der Waals surface area contributed by atoms with Gasteiger partial charge in [0.05, 0.1) is 0 Å². The molecule has 0 N–H and O–H groups in total. The molecular formula is C22H20ClN5O. The summed E-state index contributed by atoms with van der Waals surface area (Å²) in [6.07, 6.45) is 3.47. The summed E-state index contributed by atoms with van der Waals surface area (Å²) in [6, 6.07) is 16.9. The van der Waals surface area contributed by atoms with E-state index in [1.165, 1.54) is 0 Å². The van der Waals surface area contributed by atoms with Crippen molar-refractivity contribution in [3.63, 3.8) is 0 Å². The largest absolute Gasteiger partial charge is 0.378 e. The molecule has 0 fully saturated rings. The second-order valence-electron chi connectivity index (χ2n) is 6.88. The number of nitrogens with zero attached hydrogens (tertiary/aromatic N) is 5. The minimum absolute atomic E-state index is 0.182. The minimum atomic E-state index is -0.182. The number of carbonyl (C=O) groups is 1. The third kappa shape index (κ3) is 3.54. The molecule has 7 heteroatoms. The number of hydrogen-bond donors (Lipinski definition) is 0. The van der Waals surface area contributed by atoms with Crippen LogP contribution in [0.5, 0.6) is 0 Å². The lowest BCUT2D eigenvalue weighted by Crippen LogP contribution is -2.28. The van der Waals surface area contributed by atoms with Crippen LogP contribution in [-0.2, 0) is 0 Å². The first-order valence-electron chi connectivity index (χ1n) is 9.10. The van der Waals surface area contributed by atoms with Crippen LogP contribution in [0.15, 0.2) is 67.0 Å². The molecule has 0 saturated heterocycles. The van der Waals surface area contributed by atoms with Gasteiger partial charge < -0.3 is 9.80 Å². The topological polar surface area (TPSA) is 53.7 Å². The Hall–Kier alpha value is -3.38. The summed E-state index contributed by atoms with van der Waals surface area (Å²) >= 11 is 5.99. The summed E-state index contributed by atoms with van der Waals surface area (Å²) < 4.78 is 1.73. The maximum Gasteiger partial charge on any atom is 0.277 e. The first kappa shape index (κ1) is 19.0. The van der Waals surface area contributed by atoms with Crippen LogP contribution in [0.1, 0.15) is 10.5 Å². The Balaban J connectivity index is 1.87. The number of aromatic nitrogens is 3. The van der Waals surface area contributed by atoms with Crippen LogP contribution in [0.4, 0.5) is 11.4 Å². The lowest BCUT2D eigenvalue weighted by atomic mass is 10.1. The fourth-order valence-electron chi connectivity index (χ4n) is 3.17. The second-order valence-corrected chi connectivity index (χ2v) is 7.32. The van der Waals surface area contributed by atoms with Crippen LogP contribution in [0.25, 0.3) is 17.0 Å². The Morgan fingerprint density at radius 1 is 1.00 bits per heavy atom. The smallest absolute Gasteiger partial charge is 0.277 e. The van der Waals surface area contributed by atoms with Gasteiger partial charge in [0.1, 0.15) is 11.4 Å². The van der Waals surface area contributed by atoms with Gasteiger partial charge in [0.25, 0.3) is 5.91 Å². The molecule has 4 rings (SSSR count). The zero-order chi connectivity index (χ0) is 20.5. The minimum Gasteiger partial charge on any atom is -0.378 e. The molecule has 4 aromatic rings. The number of halogens is 1. The molecule has 29 heavy (non-hydrogen) atoms. The molecule has 0 aliphatic carbocycles. The number of hydrogen-bond acceptors (Lipinski definition) is 4. The first-order chi connectivity index (χ1) is 14.0. The van der Waals surface area contributed by atoms with Crippen molar-refractivity contribution in [1.82, 2.24) is 14.4 Å². The van der Waals surface area contributed by atoms with Crippen molar-refractivity contribution in [1.29, 1.82) is 0 Å². The average molecular weight is 406 g/mol. The Morgan fingerprint density at radius 3 is 2.48 bits per heavy atom. The molecule has 0 atom stereocenters. The fraction of sp³-hybridized carbons (Fsp3) is 0.136. The molecule has 0 spiro atoms. The van der Waals surface area contributed by atoms with Gasteiger partial charge in [0.15, 0.2) is 0 Å². The molecule has 0 radical (unpaired) electrons. The van der Waals surface area contributed by atoms with Crippen molar-refractivity contribution in [2.75, 3.05) is 30.9 Å². The van der Waals surface area contributed by atoms with Crippen LogP contribution in [-0.4, -0.2) is 41.4 Å². The normalized spacial score (nSPS) is 10.9. The van der Waals surface area contributed by atoms with E-state index in [0.29, 0.717) is 22.2 Å². The lowest BCUT2D eigenvalue weighted by molar-refractivity contribution is 0.0988. The molecule has 2 aromatic carbocycles. The van der Waals surface area contributed by atoms with Gasteiger partial charge >= 0.3 is 0 Å². The monoisotopic (exact) mass is 405 g/mol. The van der Waals surface area contributed by atoms with Gasteiger partial charge in [-0.25, -0.2) is 9.97 Å². The van der Waals surface area contributed by atoms with Crippen LogP contribution < -0.4 is 9.80 Å². The van der Waals surface area contributed by atoms with Gasteiger partial charge in [-0.15, -0.1) is 0 Å². The quantitative estimate of drug-likeness (QED) is 0.505. The van der Waals surface area contributed by atoms with E-state index in [-0.39, 0.29) is 5.91 Å². The molecular weight excluding hydrogens is 386 g/mol. The summed E-state index contributed by atoms with van der Waals surface area (Å²) in [7, 11) is 5.69. The molecule has 0 aliphatic rings. The molecule has 1 amide bonds. The number of rotatable bonds is 4. The third-order valence-electron chi connectivity index (χ3n) is 4.76. The highest BCUT2D eigenvalue weighted by Crippen LogP contribution is 2.29. The zero-order valence-corrected chi connectivity index (χ0v) is 17.1. The number of amides is 1. The Labute approximate surface area is 174 Å². The molecule has 0 saturated carbocycles. The van der Waals surface area contributed by atoms with Gasteiger partial charge in [-0.05, 0) is 42.5 Å². The van der Waals surface area contributed by atoms with Crippen LogP contribution in [0.2, 0.25) is 5.02 Å². The summed E-state index contributed by atoms with van der Waals surface area (Å²) in [5, 5.41) is 0.620. The number of fused-ring (bicyclic) bond motifs is 1. The summed E-state index contributed by atoms with van der Waals surface area (Å²) in [6.45, 7) is 0. The molecule has 146 valence electrons. The highest BCUT2D eigenvalue weighted by molar-refractivity contribution is 6.30. The highest BCUT2D eigenvalue weighted by Gasteiger charge is 2.25. The molecule has 0 bridgehead atoms. The van der Waals surface area contributed by atoms with Crippen molar-refractivity contribution in [2.24, 2.45) is 0 Å². The molecule has 0 unspecified atom stereocenters. The van der Waals surface area contributed by atoms with E-state index >= 15 is 0 Å². The van der Waals surface area contributed by atoms with Crippen molar-refractivity contribution in [3.05, 3.63) is 77.7 Å². The summed E-state index contributed by atoms with van der Waals surface area (Å²) in [5.41, 5.74) is 3.68. The maximum absolute atomic E-state index is 13.5. The van der Waals surface area contributed by atoms with E-state index in [1.807, 2.05) is 55.4 Å². The van der Waals surface area contributed by atoms with Gasteiger partial charge in [-0.1, -0.05) is 23.7 Å². The van der Waals surface area contributed by atoms with Crippen LogP contribution >= 0.6 is 11.6 Å². The van der Waals surface area contributed by atoms with E-state index in [1.54, 1.807) is 46.9 Å². The van der Waals surface area contributed by atoms with Crippen molar-refractivity contribution in [3.8, 4) is 11.3 Å². The van der Waals surface area contributed by atoms with E-state index in [0.717, 1.165) is 16.9 Å². The van der Waals surface area contributed by atoms with Gasteiger partial charge in [0, 0.05) is 55.5 Å². The number of imidazole rings is 1. The third-order valence-corrected chi connectivity index (χ3v) is 5.01. The van der Waals surface area contributed by atoms with Crippen LogP contribution in [0, 0.1) is 0 Å². The van der Waals surface area contributed by atoms with Gasteiger partial charge in [-0.3, -0.25) is 9.20 Å². The van der Waals surface area contributed by atoms with E-state index in [4.69, 9.17) is 11.6 Å². The highest BCUT2D eigenvalue weighted by atomic mass is 35.5. The van der Waals surface area contributed by atoms with Gasteiger partial charge in [0.2, 0.25) is 5.78 Å². The summed E-state index contributed by atoms with van der Waals surface area (Å²) in [4.78, 5) is 26.1. The second kappa shape index (κ2) is 7.56. The van der Waals surface area contributed by atoms with Crippen molar-refractivity contribution in [2.45, 2.75) is 0 Å². The Morgan fingerprint density at radius 2 is 1.76 bits per heavy atom. The molecule has 2 heterocycles. The predicted molar refractivity (Wildman–Crippen MR) is 117 cm³/mol. The predicted octanol–water partition coefficient (Wildman–Crippen LogP) is 4.39.